The fourth-order valence-electron chi connectivity index (χ4n) is 4.48. The molecule has 3 unspecified atom stereocenters. The maximum Gasteiger partial charge on any atom is 0.164 e. The third-order valence-electron chi connectivity index (χ3n) is 5.44. The predicted molar refractivity (Wildman–Crippen MR) is 121 cm³/mol. The second-order valence-corrected chi connectivity index (χ2v) is 11.7. The predicted octanol–water partition coefficient (Wildman–Crippen LogP) is 2.72. The van der Waals surface area contributed by atoms with Crippen molar-refractivity contribution in [2.45, 2.75) is 45.8 Å². The fourth-order valence-corrected chi connectivity index (χ4v) is 8.24. The van der Waals surface area contributed by atoms with Crippen LogP contribution in [0.1, 0.15) is 33.6 Å². The summed E-state index contributed by atoms with van der Waals surface area (Å²) in [6.45, 7) is 7.04. The molecule has 3 rings (SSSR count). The molecule has 2 radical (unpaired) electrons. The molecule has 0 amide bonds. The molecule has 0 saturated carbocycles. The lowest BCUT2D eigenvalue weighted by atomic mass is 9.96. The normalized spacial score (nSPS) is 33.2. The molecule has 150 valence electrons. The Labute approximate surface area is 171 Å². The molecule has 1 saturated heterocycles. The van der Waals surface area contributed by atoms with Crippen LogP contribution in [0, 0.1) is 5.92 Å². The van der Waals surface area contributed by atoms with Gasteiger partial charge in [0, 0.05) is 25.0 Å². The third-order valence-corrected chi connectivity index (χ3v) is 9.05. The minimum atomic E-state index is -1.04. The van der Waals surface area contributed by atoms with Gasteiger partial charge in [-0.25, -0.2) is 4.99 Å². The standard InChI is InChI=1S/C21H31BN4OS/c1-14(2)12-28(4)13-16(22)10-19(28)18-6-5-9-26(18)20-7-8-24-21(25-20)17(11-23)15(3)27/h7-8,10-11,13-14,18,20H,5-6,9,12,23H2,1-4H3,(H,24,25). The highest BCUT2D eigenvalue weighted by Crippen LogP contribution is 2.61. The van der Waals surface area contributed by atoms with Crippen molar-refractivity contribution in [3.8, 4) is 0 Å². The summed E-state index contributed by atoms with van der Waals surface area (Å²) >= 11 is 0. The minimum Gasteiger partial charge on any atom is -0.404 e. The highest BCUT2D eigenvalue weighted by Gasteiger charge is 2.39. The lowest BCUT2D eigenvalue weighted by Crippen LogP contribution is -2.42. The lowest BCUT2D eigenvalue weighted by Gasteiger charge is -2.41. The number of carbonyl (C=O) groups excluding carboxylic acids is 1. The molecule has 5 nitrogen and oxygen atoms in total. The van der Waals surface area contributed by atoms with E-state index in [0.29, 0.717) is 23.4 Å². The van der Waals surface area contributed by atoms with E-state index in [0.717, 1.165) is 30.6 Å². The minimum absolute atomic E-state index is 0.0924. The van der Waals surface area contributed by atoms with Crippen LogP contribution in [0.15, 0.2) is 50.9 Å². The van der Waals surface area contributed by atoms with Gasteiger partial charge in [-0.1, -0.05) is 30.8 Å². The Morgan fingerprint density at radius 2 is 2.29 bits per heavy atom. The zero-order chi connectivity index (χ0) is 20.5. The van der Waals surface area contributed by atoms with Crippen molar-refractivity contribution >= 4 is 29.5 Å². The molecule has 0 aliphatic carbocycles. The van der Waals surface area contributed by atoms with Gasteiger partial charge in [0.15, 0.2) is 5.78 Å². The molecular formula is C21H31BN4OS. The number of nitrogens with two attached hydrogens (primary N) is 1. The van der Waals surface area contributed by atoms with Crippen molar-refractivity contribution in [1.29, 1.82) is 0 Å². The van der Waals surface area contributed by atoms with Crippen molar-refractivity contribution in [2.75, 3.05) is 18.6 Å². The number of nitrogens with one attached hydrogen (secondary N) is 1. The fraction of sp³-hybridized carbons (Fsp3) is 0.524. The van der Waals surface area contributed by atoms with Gasteiger partial charge in [0.25, 0.3) is 0 Å². The maximum atomic E-state index is 11.9. The monoisotopic (exact) mass is 398 g/mol. The average Bonchev–Trinajstić information content (AvgIpc) is 3.18. The van der Waals surface area contributed by atoms with Gasteiger partial charge in [-0.15, -0.1) is 0 Å². The number of amidine groups is 1. The van der Waals surface area contributed by atoms with Gasteiger partial charge in [0.2, 0.25) is 0 Å². The van der Waals surface area contributed by atoms with E-state index in [1.54, 1.807) is 0 Å². The van der Waals surface area contributed by atoms with E-state index in [4.69, 9.17) is 18.6 Å². The second-order valence-electron chi connectivity index (χ2n) is 8.31. The number of Topliss-reactive ketones (excluding diaryl/α,β-unsaturated/α-hetero) is 1. The lowest BCUT2D eigenvalue weighted by molar-refractivity contribution is -0.113. The highest BCUT2D eigenvalue weighted by atomic mass is 32.3. The molecule has 0 bridgehead atoms. The summed E-state index contributed by atoms with van der Waals surface area (Å²) in [5, 5.41) is 5.38. The molecule has 3 aliphatic heterocycles. The molecule has 1 fully saturated rings. The Hall–Kier alpha value is -1.73. The van der Waals surface area contributed by atoms with E-state index in [1.165, 1.54) is 18.0 Å². The molecule has 28 heavy (non-hydrogen) atoms. The average molecular weight is 398 g/mol. The Balaban J connectivity index is 1.88. The van der Waals surface area contributed by atoms with Crippen LogP contribution >= 0.6 is 10.0 Å². The van der Waals surface area contributed by atoms with E-state index in [-0.39, 0.29) is 11.9 Å². The molecule has 3 heterocycles. The van der Waals surface area contributed by atoms with E-state index >= 15 is 0 Å². The summed E-state index contributed by atoms with van der Waals surface area (Å²) in [5.74, 6) is 2.23. The van der Waals surface area contributed by atoms with Crippen LogP contribution in [0.25, 0.3) is 0 Å². The summed E-state index contributed by atoms with van der Waals surface area (Å²) in [7, 11) is 5.22. The quantitative estimate of drug-likeness (QED) is 0.533. The zero-order valence-corrected chi connectivity index (χ0v) is 18.1. The van der Waals surface area contributed by atoms with Crippen LogP contribution in [-0.4, -0.2) is 55.1 Å². The topological polar surface area (TPSA) is 70.7 Å². The molecule has 0 aromatic rings. The molecule has 0 aromatic carbocycles. The number of rotatable bonds is 6. The van der Waals surface area contributed by atoms with Crippen LogP contribution in [0.3, 0.4) is 0 Å². The van der Waals surface area contributed by atoms with Gasteiger partial charge < -0.3 is 11.1 Å². The largest absolute Gasteiger partial charge is 0.404 e. The first-order chi connectivity index (χ1) is 13.2. The van der Waals surface area contributed by atoms with E-state index < -0.39 is 10.0 Å². The smallest absolute Gasteiger partial charge is 0.164 e. The molecule has 0 spiro atoms. The Morgan fingerprint density at radius 1 is 1.54 bits per heavy atom. The molecule has 7 heteroatoms. The van der Waals surface area contributed by atoms with Crippen molar-refractivity contribution in [3.05, 3.63) is 45.9 Å². The molecule has 3 N–H and O–H groups in total. The first kappa shape index (κ1) is 21.0. The van der Waals surface area contributed by atoms with Crippen molar-refractivity contribution in [3.63, 3.8) is 0 Å². The van der Waals surface area contributed by atoms with Crippen LogP contribution in [-0.2, 0) is 4.79 Å². The van der Waals surface area contributed by atoms with Crippen LogP contribution in [0.5, 0.6) is 0 Å². The number of hydrogen-bond donors (Lipinski definition) is 2. The van der Waals surface area contributed by atoms with E-state index in [1.807, 2.05) is 6.20 Å². The molecular weight excluding hydrogens is 367 g/mol. The summed E-state index contributed by atoms with van der Waals surface area (Å²) < 4.78 is 0. The van der Waals surface area contributed by atoms with Crippen molar-refractivity contribution < 1.29 is 4.79 Å². The van der Waals surface area contributed by atoms with Crippen molar-refractivity contribution in [2.24, 2.45) is 16.6 Å². The number of nitrogens with zero attached hydrogens (tertiary/aromatic N) is 2. The van der Waals surface area contributed by atoms with Gasteiger partial charge in [0.05, 0.1) is 5.57 Å². The maximum absolute atomic E-state index is 11.9. The number of allylic oxidation sites excluding steroid dienone is 2. The molecule has 0 aromatic heterocycles. The molecule has 3 atom stereocenters. The first-order valence-electron chi connectivity index (χ1n) is 9.90. The van der Waals surface area contributed by atoms with Crippen LogP contribution in [0.4, 0.5) is 0 Å². The first-order valence-corrected chi connectivity index (χ1v) is 12.2. The Morgan fingerprint density at radius 3 is 2.93 bits per heavy atom. The number of ketones is 1. The number of hydrogen-bond acceptors (Lipinski definition) is 5. The van der Waals surface area contributed by atoms with E-state index in [2.05, 4.69) is 47.9 Å². The summed E-state index contributed by atoms with van der Waals surface area (Å²) in [6.07, 6.45) is 12.0. The van der Waals surface area contributed by atoms with Gasteiger partial charge >= 0.3 is 0 Å². The summed E-state index contributed by atoms with van der Waals surface area (Å²) in [4.78, 5) is 20.6. The van der Waals surface area contributed by atoms with Gasteiger partial charge in [-0.3, -0.25) is 9.69 Å². The van der Waals surface area contributed by atoms with E-state index in [9.17, 15) is 4.79 Å². The highest BCUT2D eigenvalue weighted by molar-refractivity contribution is 8.38. The van der Waals surface area contributed by atoms with Crippen LogP contribution < -0.4 is 11.1 Å². The Bertz CT molecular complexity index is 798. The SMILES string of the molecule is [B]C1=CS(C)(CC(C)C)C(C2CCCN2C2C=CNC(C(=CN)C(C)=O)=N2)=C1. The van der Waals surface area contributed by atoms with Crippen molar-refractivity contribution in [1.82, 2.24) is 10.2 Å². The number of likely N-dealkylation sites (tertiary alicyclic amines) is 1. The van der Waals surface area contributed by atoms with Gasteiger partial charge in [0.1, 0.15) is 19.8 Å². The number of carbonyl (C=O) groups is 1. The number of aliphatic imine (C=N–C) groups is 1. The van der Waals surface area contributed by atoms with Crippen LogP contribution in [0.2, 0.25) is 0 Å². The van der Waals surface area contributed by atoms with Gasteiger partial charge in [-0.2, -0.15) is 10.0 Å². The Kier molecular flexibility index (Phi) is 6.25. The van der Waals surface area contributed by atoms with Gasteiger partial charge in [-0.05, 0) is 48.7 Å². The summed E-state index contributed by atoms with van der Waals surface area (Å²) in [5.41, 5.74) is 6.98. The second kappa shape index (κ2) is 8.33. The molecule has 3 aliphatic rings. The zero-order valence-electron chi connectivity index (χ0n) is 17.3. The summed E-state index contributed by atoms with van der Waals surface area (Å²) in [6, 6.07) is 0.330. The third kappa shape index (κ3) is 4.15.